The molecule has 2 rings (SSSR count). The Morgan fingerprint density at radius 1 is 0.938 bits per heavy atom. The van der Waals surface area contributed by atoms with Gasteiger partial charge in [-0.1, -0.05) is 69.7 Å². The van der Waals surface area contributed by atoms with Crippen LogP contribution < -0.4 is 5.32 Å². The Labute approximate surface area is 196 Å². The summed E-state index contributed by atoms with van der Waals surface area (Å²) in [6.45, 7) is 12.8. The first kappa shape index (κ1) is 26.2. The summed E-state index contributed by atoms with van der Waals surface area (Å²) in [7, 11) is 2.12. The lowest BCUT2D eigenvalue weighted by atomic mass is 9.79. The predicted octanol–water partition coefficient (Wildman–Crippen LogP) is 6.48. The van der Waals surface area contributed by atoms with Crippen LogP contribution in [0.5, 0.6) is 0 Å². The van der Waals surface area contributed by atoms with Gasteiger partial charge in [-0.3, -0.25) is 0 Å². The SMILES string of the molecule is CCCCCCCCCN(C)CCOC(=O)C1=C(C)NC(C)=C(C)C1c1ccccc1C. The Morgan fingerprint density at radius 2 is 1.59 bits per heavy atom. The van der Waals surface area contributed by atoms with E-state index in [1.165, 1.54) is 61.6 Å². The minimum atomic E-state index is -0.209. The van der Waals surface area contributed by atoms with E-state index in [9.17, 15) is 4.79 Å². The molecule has 0 aliphatic carbocycles. The second-order valence-electron chi connectivity index (χ2n) is 9.32. The van der Waals surface area contributed by atoms with Gasteiger partial charge in [0.1, 0.15) is 6.61 Å². The molecule has 1 N–H and O–H groups in total. The number of carbonyl (C=O) groups is 1. The molecule has 1 atom stereocenters. The molecule has 1 unspecified atom stereocenters. The normalized spacial score (nSPS) is 16.5. The highest BCUT2D eigenvalue weighted by molar-refractivity contribution is 5.92. The van der Waals surface area contributed by atoms with Crippen LogP contribution >= 0.6 is 0 Å². The molecule has 0 spiro atoms. The first-order valence-corrected chi connectivity index (χ1v) is 12.4. The van der Waals surface area contributed by atoms with Gasteiger partial charge in [-0.05, 0) is 64.4 Å². The van der Waals surface area contributed by atoms with Gasteiger partial charge in [-0.25, -0.2) is 4.79 Å². The van der Waals surface area contributed by atoms with E-state index in [1.807, 2.05) is 19.1 Å². The fourth-order valence-corrected chi connectivity index (χ4v) is 4.49. The molecule has 0 radical (unpaired) electrons. The second kappa shape index (κ2) is 13.5. The molecular weight excluding hydrogens is 396 g/mol. The van der Waals surface area contributed by atoms with E-state index in [4.69, 9.17) is 4.74 Å². The van der Waals surface area contributed by atoms with Gasteiger partial charge in [0, 0.05) is 23.9 Å². The third kappa shape index (κ3) is 7.51. The van der Waals surface area contributed by atoms with Crippen LogP contribution in [0.25, 0.3) is 0 Å². The van der Waals surface area contributed by atoms with Crippen LogP contribution in [-0.2, 0) is 9.53 Å². The van der Waals surface area contributed by atoms with Crippen LogP contribution in [0.2, 0.25) is 0 Å². The average molecular weight is 441 g/mol. The van der Waals surface area contributed by atoms with E-state index in [2.05, 4.69) is 57.1 Å². The fourth-order valence-electron chi connectivity index (χ4n) is 4.49. The Morgan fingerprint density at radius 3 is 2.28 bits per heavy atom. The first-order chi connectivity index (χ1) is 15.4. The van der Waals surface area contributed by atoms with E-state index >= 15 is 0 Å². The fraction of sp³-hybridized carbons (Fsp3) is 0.607. The minimum absolute atomic E-state index is 0.0598. The summed E-state index contributed by atoms with van der Waals surface area (Å²) in [4.78, 5) is 15.4. The molecule has 0 amide bonds. The van der Waals surface area contributed by atoms with E-state index in [-0.39, 0.29) is 11.9 Å². The van der Waals surface area contributed by atoms with Gasteiger partial charge >= 0.3 is 5.97 Å². The van der Waals surface area contributed by atoms with Crippen LogP contribution in [0.4, 0.5) is 0 Å². The van der Waals surface area contributed by atoms with E-state index in [0.717, 1.165) is 30.1 Å². The molecule has 4 nitrogen and oxygen atoms in total. The molecule has 0 aromatic heterocycles. The standard InChI is InChI=1S/C28H44N2O2/c1-7-8-9-10-11-12-15-18-30(6)19-20-32-28(31)27-24(5)29-23(4)22(3)26(27)25-17-14-13-16-21(25)2/h13-14,16-17,26,29H,7-12,15,18-20H2,1-6H3. The average Bonchev–Trinajstić information content (AvgIpc) is 2.76. The maximum Gasteiger partial charge on any atom is 0.336 e. The largest absolute Gasteiger partial charge is 0.461 e. The van der Waals surface area contributed by atoms with E-state index < -0.39 is 0 Å². The zero-order chi connectivity index (χ0) is 23.5. The lowest BCUT2D eigenvalue weighted by molar-refractivity contribution is -0.139. The molecule has 0 saturated heterocycles. The molecule has 32 heavy (non-hydrogen) atoms. The molecule has 0 saturated carbocycles. The Bertz CT molecular complexity index is 809. The van der Waals surface area contributed by atoms with E-state index in [0.29, 0.717) is 6.61 Å². The second-order valence-corrected chi connectivity index (χ2v) is 9.32. The summed E-state index contributed by atoms with van der Waals surface area (Å²) in [6.07, 6.45) is 9.20. The molecule has 1 aliphatic heterocycles. The number of carbonyl (C=O) groups excluding carboxylic acids is 1. The van der Waals surface area contributed by atoms with Gasteiger partial charge in [0.05, 0.1) is 5.57 Å². The molecule has 1 aromatic carbocycles. The lowest BCUT2D eigenvalue weighted by Crippen LogP contribution is -2.30. The number of aryl methyl sites for hydroxylation is 1. The highest BCUT2D eigenvalue weighted by Crippen LogP contribution is 2.39. The molecular formula is C28H44N2O2. The first-order valence-electron chi connectivity index (χ1n) is 12.4. The van der Waals surface area contributed by atoms with Crippen LogP contribution in [0.3, 0.4) is 0 Å². The van der Waals surface area contributed by atoms with Crippen molar-refractivity contribution >= 4 is 5.97 Å². The van der Waals surface area contributed by atoms with Crippen molar-refractivity contribution in [2.24, 2.45) is 0 Å². The van der Waals surface area contributed by atoms with Gasteiger partial charge in [0.25, 0.3) is 0 Å². The number of nitrogens with one attached hydrogen (secondary N) is 1. The molecule has 0 fully saturated rings. The van der Waals surface area contributed by atoms with Gasteiger partial charge < -0.3 is 15.0 Å². The van der Waals surface area contributed by atoms with Crippen molar-refractivity contribution in [3.05, 3.63) is 57.9 Å². The van der Waals surface area contributed by atoms with Crippen molar-refractivity contribution in [3.8, 4) is 0 Å². The summed E-state index contributed by atoms with van der Waals surface area (Å²) >= 11 is 0. The van der Waals surface area contributed by atoms with Gasteiger partial charge in [0.2, 0.25) is 0 Å². The van der Waals surface area contributed by atoms with Crippen molar-refractivity contribution in [1.82, 2.24) is 10.2 Å². The number of esters is 1. The number of nitrogens with zero attached hydrogens (tertiary/aromatic N) is 1. The maximum atomic E-state index is 13.2. The van der Waals surface area contributed by atoms with Crippen LogP contribution in [0, 0.1) is 6.92 Å². The Kier molecular flexibility index (Phi) is 11.0. The molecule has 1 heterocycles. The molecule has 0 bridgehead atoms. The predicted molar refractivity (Wildman–Crippen MR) is 135 cm³/mol. The number of likely N-dealkylation sites (N-methyl/N-ethyl adjacent to an activating group) is 1. The summed E-state index contributed by atoms with van der Waals surface area (Å²) < 4.78 is 5.77. The summed E-state index contributed by atoms with van der Waals surface area (Å²) in [5.74, 6) is -0.269. The summed E-state index contributed by atoms with van der Waals surface area (Å²) in [5.41, 5.74) is 6.28. The third-order valence-corrected chi connectivity index (χ3v) is 6.66. The molecule has 1 aliphatic rings. The number of unbranched alkanes of at least 4 members (excludes halogenated alkanes) is 6. The zero-order valence-electron chi connectivity index (χ0n) is 21.2. The lowest BCUT2D eigenvalue weighted by Gasteiger charge is -2.31. The van der Waals surface area contributed by atoms with Crippen molar-refractivity contribution in [2.75, 3.05) is 26.7 Å². The molecule has 4 heteroatoms. The number of hydrogen-bond donors (Lipinski definition) is 1. The highest BCUT2D eigenvalue weighted by atomic mass is 16.5. The summed E-state index contributed by atoms with van der Waals surface area (Å²) in [6, 6.07) is 8.32. The highest BCUT2D eigenvalue weighted by Gasteiger charge is 2.32. The number of hydrogen-bond acceptors (Lipinski definition) is 4. The summed E-state index contributed by atoms with van der Waals surface area (Å²) in [5, 5.41) is 3.38. The van der Waals surface area contributed by atoms with Crippen LogP contribution in [0.1, 0.15) is 89.7 Å². The molecule has 1 aromatic rings. The topological polar surface area (TPSA) is 41.6 Å². The maximum absolute atomic E-state index is 13.2. The quantitative estimate of drug-likeness (QED) is 0.282. The van der Waals surface area contributed by atoms with Crippen LogP contribution in [-0.4, -0.2) is 37.6 Å². The van der Waals surface area contributed by atoms with Gasteiger partial charge in [0.15, 0.2) is 0 Å². The van der Waals surface area contributed by atoms with Crippen molar-refractivity contribution in [3.63, 3.8) is 0 Å². The number of rotatable bonds is 13. The zero-order valence-corrected chi connectivity index (χ0v) is 21.2. The van der Waals surface area contributed by atoms with Gasteiger partial charge in [-0.2, -0.15) is 0 Å². The Balaban J connectivity index is 1.88. The van der Waals surface area contributed by atoms with Crippen molar-refractivity contribution in [2.45, 2.75) is 85.5 Å². The monoisotopic (exact) mass is 440 g/mol. The number of dihydropyridines is 1. The smallest absolute Gasteiger partial charge is 0.336 e. The van der Waals surface area contributed by atoms with Gasteiger partial charge in [-0.15, -0.1) is 0 Å². The Hall–Kier alpha value is -2.07. The number of ether oxygens (including phenoxy) is 1. The van der Waals surface area contributed by atoms with Crippen molar-refractivity contribution in [1.29, 1.82) is 0 Å². The molecule has 178 valence electrons. The number of benzene rings is 1. The van der Waals surface area contributed by atoms with Crippen LogP contribution in [0.15, 0.2) is 46.8 Å². The van der Waals surface area contributed by atoms with Crippen molar-refractivity contribution < 1.29 is 9.53 Å². The van der Waals surface area contributed by atoms with E-state index in [1.54, 1.807) is 0 Å². The number of allylic oxidation sites excluding steroid dienone is 3. The third-order valence-electron chi connectivity index (χ3n) is 6.66. The minimum Gasteiger partial charge on any atom is -0.461 e.